The molecule has 96 valence electrons. The molecule has 0 aliphatic heterocycles. The Morgan fingerprint density at radius 1 is 1.35 bits per heavy atom. The molecule has 1 aromatic rings. The molecule has 0 saturated heterocycles. The second-order valence-electron chi connectivity index (χ2n) is 5.21. The lowest BCUT2D eigenvalue weighted by molar-refractivity contribution is -0.136. The van der Waals surface area contributed by atoms with Crippen LogP contribution in [-0.2, 0) is 17.6 Å². The first-order valence-corrected chi connectivity index (χ1v) is 6.19. The molecule has 1 heterocycles. The molecule has 1 rings (SSSR count). The van der Waals surface area contributed by atoms with Gasteiger partial charge in [-0.2, -0.15) is 5.10 Å². The molecule has 0 aliphatic carbocycles. The molecule has 0 fully saturated rings. The number of nitrogens with zero attached hydrogens (tertiary/aromatic N) is 1. The van der Waals surface area contributed by atoms with Crippen LogP contribution in [0, 0.1) is 5.92 Å². The molecule has 0 saturated carbocycles. The van der Waals surface area contributed by atoms with Gasteiger partial charge in [0.1, 0.15) is 0 Å². The molecule has 1 aromatic heterocycles. The summed E-state index contributed by atoms with van der Waals surface area (Å²) in [5, 5.41) is 16.2. The monoisotopic (exact) mass is 238 g/mol. The Bertz CT molecular complexity index is 381. The molecule has 0 aromatic carbocycles. The topological polar surface area (TPSA) is 66.0 Å². The van der Waals surface area contributed by atoms with Crippen molar-refractivity contribution in [3.05, 3.63) is 17.0 Å². The maximum atomic E-state index is 10.7. The number of aromatic amines is 1. The van der Waals surface area contributed by atoms with Crippen LogP contribution >= 0.6 is 0 Å². The molecule has 0 bridgehead atoms. The van der Waals surface area contributed by atoms with Crippen molar-refractivity contribution in [2.24, 2.45) is 5.92 Å². The van der Waals surface area contributed by atoms with Crippen LogP contribution in [-0.4, -0.2) is 21.3 Å². The Kier molecular flexibility index (Phi) is 4.73. The van der Waals surface area contributed by atoms with Crippen LogP contribution in [0.3, 0.4) is 0 Å². The number of carboxylic acid groups (broad SMARTS) is 1. The molecule has 17 heavy (non-hydrogen) atoms. The van der Waals surface area contributed by atoms with Crippen LogP contribution in [0.4, 0.5) is 0 Å². The average molecular weight is 238 g/mol. The van der Waals surface area contributed by atoms with E-state index in [1.807, 2.05) is 0 Å². The smallest absolute Gasteiger partial charge is 0.303 e. The number of hydrogen-bond donors (Lipinski definition) is 2. The summed E-state index contributed by atoms with van der Waals surface area (Å²) in [6.07, 6.45) is 1.67. The van der Waals surface area contributed by atoms with Gasteiger partial charge < -0.3 is 5.11 Å². The summed E-state index contributed by atoms with van der Waals surface area (Å²) < 4.78 is 0. The van der Waals surface area contributed by atoms with Crippen LogP contribution in [0.15, 0.2) is 0 Å². The van der Waals surface area contributed by atoms with E-state index in [0.29, 0.717) is 18.3 Å². The lowest BCUT2D eigenvalue weighted by atomic mass is 9.96. The van der Waals surface area contributed by atoms with Gasteiger partial charge in [0.15, 0.2) is 0 Å². The van der Waals surface area contributed by atoms with E-state index in [1.54, 1.807) is 0 Å². The van der Waals surface area contributed by atoms with E-state index in [2.05, 4.69) is 37.9 Å². The number of nitrogens with one attached hydrogen (secondary N) is 1. The standard InChI is InChI=1S/C13H22N2O2/c1-8(2)7-11-10(5-6-12(16)17)13(9(3)4)15-14-11/h8-9H,5-7H2,1-4H3,(H,14,15)(H,16,17). The Morgan fingerprint density at radius 3 is 2.47 bits per heavy atom. The minimum atomic E-state index is -0.753. The number of carbonyl (C=O) groups is 1. The third kappa shape index (κ3) is 3.88. The predicted molar refractivity (Wildman–Crippen MR) is 67.2 cm³/mol. The molecule has 0 atom stereocenters. The maximum Gasteiger partial charge on any atom is 0.303 e. The van der Waals surface area contributed by atoms with Crippen molar-refractivity contribution in [3.8, 4) is 0 Å². The average Bonchev–Trinajstić information content (AvgIpc) is 2.57. The van der Waals surface area contributed by atoms with Crippen molar-refractivity contribution < 1.29 is 9.90 Å². The number of carboxylic acids is 1. The molecule has 0 amide bonds. The van der Waals surface area contributed by atoms with E-state index in [-0.39, 0.29) is 6.42 Å². The van der Waals surface area contributed by atoms with Crippen LogP contribution in [0.25, 0.3) is 0 Å². The minimum absolute atomic E-state index is 0.171. The van der Waals surface area contributed by atoms with Crippen molar-refractivity contribution in [2.45, 2.75) is 52.9 Å². The van der Waals surface area contributed by atoms with Gasteiger partial charge in [-0.25, -0.2) is 0 Å². The molecular formula is C13H22N2O2. The van der Waals surface area contributed by atoms with E-state index in [4.69, 9.17) is 5.11 Å². The van der Waals surface area contributed by atoms with E-state index >= 15 is 0 Å². The molecule has 0 radical (unpaired) electrons. The van der Waals surface area contributed by atoms with Gasteiger partial charge in [0, 0.05) is 12.1 Å². The zero-order chi connectivity index (χ0) is 13.0. The van der Waals surface area contributed by atoms with Gasteiger partial charge >= 0.3 is 5.97 Å². The maximum absolute atomic E-state index is 10.7. The summed E-state index contributed by atoms with van der Waals surface area (Å²) in [5.41, 5.74) is 3.22. The number of aromatic nitrogens is 2. The molecule has 4 nitrogen and oxygen atoms in total. The quantitative estimate of drug-likeness (QED) is 0.800. The third-order valence-electron chi connectivity index (χ3n) is 2.73. The van der Waals surface area contributed by atoms with Gasteiger partial charge in [-0.15, -0.1) is 0 Å². The molecule has 4 heteroatoms. The summed E-state index contributed by atoms with van der Waals surface area (Å²) in [5.74, 6) is 0.117. The Morgan fingerprint density at radius 2 is 2.00 bits per heavy atom. The van der Waals surface area contributed by atoms with Crippen LogP contribution in [0.2, 0.25) is 0 Å². The zero-order valence-electron chi connectivity index (χ0n) is 11.1. The predicted octanol–water partition coefficient (Wildman–Crippen LogP) is 2.75. The van der Waals surface area contributed by atoms with Crippen LogP contribution < -0.4 is 0 Å². The summed E-state index contributed by atoms with van der Waals surface area (Å²) in [6.45, 7) is 8.47. The van der Waals surface area contributed by atoms with Gasteiger partial charge in [-0.1, -0.05) is 27.7 Å². The highest BCUT2D eigenvalue weighted by atomic mass is 16.4. The fraction of sp³-hybridized carbons (Fsp3) is 0.692. The second-order valence-corrected chi connectivity index (χ2v) is 5.21. The zero-order valence-corrected chi connectivity index (χ0v) is 11.1. The van der Waals surface area contributed by atoms with Gasteiger partial charge in [0.25, 0.3) is 0 Å². The van der Waals surface area contributed by atoms with Gasteiger partial charge in [0.05, 0.1) is 5.69 Å². The molecular weight excluding hydrogens is 216 g/mol. The number of rotatable bonds is 6. The van der Waals surface area contributed by atoms with Crippen molar-refractivity contribution in [2.75, 3.05) is 0 Å². The molecule has 2 N–H and O–H groups in total. The fourth-order valence-electron chi connectivity index (χ4n) is 1.98. The van der Waals surface area contributed by atoms with Crippen molar-refractivity contribution in [1.29, 1.82) is 0 Å². The number of hydrogen-bond acceptors (Lipinski definition) is 2. The Hall–Kier alpha value is -1.32. The first-order chi connectivity index (χ1) is 7.91. The number of H-pyrrole nitrogens is 1. The van der Waals surface area contributed by atoms with E-state index in [9.17, 15) is 4.79 Å². The highest BCUT2D eigenvalue weighted by Crippen LogP contribution is 2.23. The van der Waals surface area contributed by atoms with Gasteiger partial charge in [-0.3, -0.25) is 9.89 Å². The van der Waals surface area contributed by atoms with Gasteiger partial charge in [-0.05, 0) is 30.2 Å². The highest BCUT2D eigenvalue weighted by Gasteiger charge is 2.17. The van der Waals surface area contributed by atoms with E-state index in [1.165, 1.54) is 0 Å². The Labute approximate surface area is 102 Å². The van der Waals surface area contributed by atoms with Gasteiger partial charge in [0.2, 0.25) is 0 Å². The molecule has 0 unspecified atom stereocenters. The highest BCUT2D eigenvalue weighted by molar-refractivity contribution is 5.67. The minimum Gasteiger partial charge on any atom is -0.481 e. The van der Waals surface area contributed by atoms with Crippen molar-refractivity contribution >= 4 is 5.97 Å². The largest absolute Gasteiger partial charge is 0.481 e. The lowest BCUT2D eigenvalue weighted by Crippen LogP contribution is -2.04. The Balaban J connectivity index is 2.93. The summed E-state index contributed by atoms with van der Waals surface area (Å²) in [6, 6.07) is 0. The summed E-state index contributed by atoms with van der Waals surface area (Å²) >= 11 is 0. The van der Waals surface area contributed by atoms with Crippen molar-refractivity contribution in [1.82, 2.24) is 10.2 Å². The lowest BCUT2D eigenvalue weighted by Gasteiger charge is -2.08. The van der Waals surface area contributed by atoms with Crippen LogP contribution in [0.5, 0.6) is 0 Å². The third-order valence-corrected chi connectivity index (χ3v) is 2.73. The first kappa shape index (κ1) is 13.7. The normalized spacial score (nSPS) is 11.4. The summed E-state index contributed by atoms with van der Waals surface area (Å²) in [7, 11) is 0. The van der Waals surface area contributed by atoms with E-state index in [0.717, 1.165) is 23.4 Å². The first-order valence-electron chi connectivity index (χ1n) is 6.19. The summed E-state index contributed by atoms with van der Waals surface area (Å²) in [4.78, 5) is 10.7. The molecule has 0 aliphatic rings. The van der Waals surface area contributed by atoms with Crippen LogP contribution in [0.1, 0.15) is 57.0 Å². The second kappa shape index (κ2) is 5.84. The fourth-order valence-corrected chi connectivity index (χ4v) is 1.98. The van der Waals surface area contributed by atoms with E-state index < -0.39 is 5.97 Å². The van der Waals surface area contributed by atoms with Crippen molar-refractivity contribution in [3.63, 3.8) is 0 Å². The SMILES string of the molecule is CC(C)Cc1[nH]nc(C(C)C)c1CCC(=O)O. The number of aliphatic carboxylic acids is 1. The molecule has 0 spiro atoms.